The van der Waals surface area contributed by atoms with Crippen LogP contribution in [-0.4, -0.2) is 62.1 Å². The van der Waals surface area contributed by atoms with Crippen LogP contribution in [0.2, 0.25) is 0 Å². The van der Waals surface area contributed by atoms with Crippen molar-refractivity contribution in [1.29, 1.82) is 0 Å². The first-order valence-electron chi connectivity index (χ1n) is 9.35. The Kier molecular flexibility index (Phi) is 4.55. The third-order valence-corrected chi connectivity index (χ3v) is 5.42. The normalized spacial score (nSPS) is 16.9. The summed E-state index contributed by atoms with van der Waals surface area (Å²) in [5, 5.41) is 4.34. The molecular weight excluding hydrogens is 346 g/mol. The fourth-order valence-corrected chi connectivity index (χ4v) is 3.81. The highest BCUT2D eigenvalue weighted by atomic mass is 16.2. The van der Waals surface area contributed by atoms with Gasteiger partial charge in [-0.2, -0.15) is 5.10 Å². The van der Waals surface area contributed by atoms with Gasteiger partial charge in [0, 0.05) is 46.0 Å². The molecule has 2 amide bonds. The van der Waals surface area contributed by atoms with Crippen molar-refractivity contribution in [1.82, 2.24) is 24.1 Å². The molecule has 2 aromatic rings. The number of rotatable bonds is 2. The van der Waals surface area contributed by atoms with Crippen molar-refractivity contribution >= 4 is 11.8 Å². The zero-order valence-corrected chi connectivity index (χ0v) is 15.4. The van der Waals surface area contributed by atoms with Crippen LogP contribution in [-0.2, 0) is 20.0 Å². The molecule has 0 saturated carbocycles. The van der Waals surface area contributed by atoms with Gasteiger partial charge in [-0.05, 0) is 31.4 Å². The summed E-state index contributed by atoms with van der Waals surface area (Å²) >= 11 is 0. The molecule has 0 bridgehead atoms. The van der Waals surface area contributed by atoms with Crippen LogP contribution >= 0.6 is 0 Å². The molecule has 0 aromatic carbocycles. The van der Waals surface area contributed by atoms with Gasteiger partial charge in [0.25, 0.3) is 17.4 Å². The quantitative estimate of drug-likeness (QED) is 0.773. The summed E-state index contributed by atoms with van der Waals surface area (Å²) in [5.74, 6) is -0.285. The number of aromatic nitrogens is 3. The average Bonchev–Trinajstić information content (AvgIpc) is 3.13. The third kappa shape index (κ3) is 3.15. The lowest BCUT2D eigenvalue weighted by Gasteiger charge is -2.34. The van der Waals surface area contributed by atoms with Gasteiger partial charge in [-0.3, -0.25) is 19.1 Å². The summed E-state index contributed by atoms with van der Waals surface area (Å²) in [6.07, 6.45) is 6.37. The molecule has 0 N–H and O–H groups in total. The van der Waals surface area contributed by atoms with Gasteiger partial charge in [0.15, 0.2) is 0 Å². The minimum Gasteiger partial charge on any atom is -0.335 e. The van der Waals surface area contributed by atoms with Crippen LogP contribution in [0.25, 0.3) is 0 Å². The molecule has 4 rings (SSSR count). The molecule has 8 heteroatoms. The largest absolute Gasteiger partial charge is 0.335 e. The smallest absolute Gasteiger partial charge is 0.263 e. The summed E-state index contributed by atoms with van der Waals surface area (Å²) in [4.78, 5) is 41.1. The number of amides is 2. The minimum absolute atomic E-state index is 0.0131. The fraction of sp³-hybridized carbons (Fsp3) is 0.474. The van der Waals surface area contributed by atoms with Gasteiger partial charge >= 0.3 is 0 Å². The van der Waals surface area contributed by atoms with Crippen molar-refractivity contribution < 1.29 is 9.59 Å². The van der Waals surface area contributed by atoms with Crippen molar-refractivity contribution in [3.63, 3.8) is 0 Å². The monoisotopic (exact) mass is 369 g/mol. The molecule has 0 radical (unpaired) electrons. The van der Waals surface area contributed by atoms with Gasteiger partial charge in [-0.25, -0.2) is 0 Å². The van der Waals surface area contributed by atoms with E-state index in [9.17, 15) is 14.4 Å². The maximum Gasteiger partial charge on any atom is 0.263 e. The first kappa shape index (κ1) is 17.5. The summed E-state index contributed by atoms with van der Waals surface area (Å²) in [6.45, 7) is 2.64. The predicted molar refractivity (Wildman–Crippen MR) is 98.7 cm³/mol. The number of hydrogen-bond acceptors (Lipinski definition) is 4. The topological polar surface area (TPSA) is 80.4 Å². The summed E-state index contributed by atoms with van der Waals surface area (Å²) in [7, 11) is 1.63. The van der Waals surface area contributed by atoms with E-state index in [1.165, 1.54) is 4.57 Å². The minimum atomic E-state index is -0.299. The maximum absolute atomic E-state index is 12.9. The van der Waals surface area contributed by atoms with Gasteiger partial charge in [0.2, 0.25) is 0 Å². The lowest BCUT2D eigenvalue weighted by atomic mass is 10.1. The Morgan fingerprint density at radius 3 is 2.33 bits per heavy atom. The number of hydrogen-bond donors (Lipinski definition) is 0. The second kappa shape index (κ2) is 7.02. The first-order chi connectivity index (χ1) is 13.1. The van der Waals surface area contributed by atoms with Crippen molar-refractivity contribution in [2.75, 3.05) is 26.2 Å². The van der Waals surface area contributed by atoms with Crippen molar-refractivity contribution in [3.8, 4) is 0 Å². The molecular formula is C19H23N5O3. The van der Waals surface area contributed by atoms with Gasteiger partial charge in [0.1, 0.15) is 5.56 Å². The molecule has 8 nitrogen and oxygen atoms in total. The van der Waals surface area contributed by atoms with E-state index < -0.39 is 0 Å². The molecule has 2 aromatic heterocycles. The Hall–Kier alpha value is -2.90. The molecule has 27 heavy (non-hydrogen) atoms. The zero-order chi connectivity index (χ0) is 19.0. The zero-order valence-electron chi connectivity index (χ0n) is 15.4. The number of carbonyl (C=O) groups is 2. The lowest BCUT2D eigenvalue weighted by Crippen LogP contribution is -2.51. The van der Waals surface area contributed by atoms with E-state index in [0.717, 1.165) is 31.5 Å². The number of carbonyl (C=O) groups excluding carboxylic acids is 2. The molecule has 1 fully saturated rings. The van der Waals surface area contributed by atoms with Crippen molar-refractivity contribution in [2.24, 2.45) is 7.05 Å². The molecule has 0 atom stereocenters. The Morgan fingerprint density at radius 2 is 1.63 bits per heavy atom. The molecule has 0 unspecified atom stereocenters. The predicted octanol–water partition coefficient (Wildman–Crippen LogP) is 0.516. The van der Waals surface area contributed by atoms with Crippen molar-refractivity contribution in [3.05, 3.63) is 51.7 Å². The van der Waals surface area contributed by atoms with Crippen LogP contribution in [0.15, 0.2) is 29.3 Å². The van der Waals surface area contributed by atoms with Crippen LogP contribution in [0.1, 0.15) is 39.3 Å². The third-order valence-electron chi connectivity index (χ3n) is 5.42. The number of pyridine rings is 1. The summed E-state index contributed by atoms with van der Waals surface area (Å²) in [5.41, 5.74) is 1.59. The van der Waals surface area contributed by atoms with Crippen LogP contribution in [0.3, 0.4) is 0 Å². The van der Waals surface area contributed by atoms with Crippen LogP contribution in [0, 0.1) is 0 Å². The second-order valence-corrected chi connectivity index (χ2v) is 7.11. The van der Waals surface area contributed by atoms with Crippen LogP contribution in [0.5, 0.6) is 0 Å². The molecule has 142 valence electrons. The van der Waals surface area contributed by atoms with Gasteiger partial charge in [-0.15, -0.1) is 0 Å². The van der Waals surface area contributed by atoms with Crippen molar-refractivity contribution in [2.45, 2.75) is 25.8 Å². The standard InChI is InChI=1S/C19H23N5O3/c1-21-7-4-5-14(17(21)25)18(26)22-9-11-23(12-10-22)19(27)15-13-20-24-8-3-2-6-16(15)24/h4-5,7,13H,2-3,6,8-12H2,1H3. The molecule has 0 spiro atoms. The van der Waals surface area contributed by atoms with Gasteiger partial charge in [-0.1, -0.05) is 0 Å². The number of aryl methyl sites for hydroxylation is 2. The van der Waals surface area contributed by atoms with E-state index in [-0.39, 0.29) is 22.9 Å². The first-order valence-corrected chi connectivity index (χ1v) is 9.35. The van der Waals surface area contributed by atoms with Gasteiger partial charge in [0.05, 0.1) is 17.5 Å². The van der Waals surface area contributed by atoms with E-state index in [1.54, 1.807) is 41.4 Å². The van der Waals surface area contributed by atoms with E-state index in [4.69, 9.17) is 0 Å². The Bertz CT molecular complexity index is 937. The Morgan fingerprint density at radius 1 is 0.963 bits per heavy atom. The summed E-state index contributed by atoms with van der Waals surface area (Å²) in [6, 6.07) is 3.25. The SMILES string of the molecule is Cn1cccc(C(=O)N2CCN(C(=O)c3cnn4c3CCCC4)CC2)c1=O. The molecule has 4 heterocycles. The highest BCUT2D eigenvalue weighted by molar-refractivity contribution is 5.96. The molecule has 2 aliphatic rings. The van der Waals surface area contributed by atoms with E-state index in [1.807, 2.05) is 4.68 Å². The number of nitrogens with zero attached hydrogens (tertiary/aromatic N) is 5. The highest BCUT2D eigenvalue weighted by Gasteiger charge is 2.29. The Labute approximate surface area is 157 Å². The average molecular weight is 369 g/mol. The molecule has 2 aliphatic heterocycles. The fourth-order valence-electron chi connectivity index (χ4n) is 3.81. The molecule has 1 saturated heterocycles. The van der Waals surface area contributed by atoms with Crippen LogP contribution in [0.4, 0.5) is 0 Å². The highest BCUT2D eigenvalue weighted by Crippen LogP contribution is 2.20. The van der Waals surface area contributed by atoms with E-state index in [0.29, 0.717) is 31.7 Å². The molecule has 0 aliphatic carbocycles. The maximum atomic E-state index is 12.9. The number of fused-ring (bicyclic) bond motifs is 1. The lowest BCUT2D eigenvalue weighted by molar-refractivity contribution is 0.0533. The number of piperazine rings is 1. The van der Waals surface area contributed by atoms with Gasteiger partial charge < -0.3 is 14.4 Å². The van der Waals surface area contributed by atoms with E-state index in [2.05, 4.69) is 5.10 Å². The van der Waals surface area contributed by atoms with E-state index >= 15 is 0 Å². The Balaban J connectivity index is 1.44. The van der Waals surface area contributed by atoms with Crippen LogP contribution < -0.4 is 5.56 Å². The summed E-state index contributed by atoms with van der Waals surface area (Å²) < 4.78 is 3.33. The second-order valence-electron chi connectivity index (χ2n) is 7.11.